The Morgan fingerprint density at radius 3 is 2.52 bits per heavy atom. The lowest BCUT2D eigenvalue weighted by Crippen LogP contribution is -2.19. The van der Waals surface area contributed by atoms with E-state index in [1.165, 1.54) is 5.56 Å². The zero-order valence-electron chi connectivity index (χ0n) is 14.2. The van der Waals surface area contributed by atoms with Gasteiger partial charge in [0.2, 0.25) is 5.91 Å². The standard InChI is InChI=1S/C19H25N3O/c1-4-5-12-22(3)18-11-10-17(14-20-18)21-19(23)13-16-8-6-15(2)7-9-16/h6-11,14H,4-5,12-13H2,1-3H3,(H,21,23). The summed E-state index contributed by atoms with van der Waals surface area (Å²) in [4.78, 5) is 18.6. The first-order chi connectivity index (χ1) is 11.1. The van der Waals surface area contributed by atoms with Crippen molar-refractivity contribution in [2.45, 2.75) is 33.1 Å². The third-order valence-electron chi connectivity index (χ3n) is 3.76. The zero-order valence-corrected chi connectivity index (χ0v) is 14.2. The first-order valence-electron chi connectivity index (χ1n) is 8.11. The van der Waals surface area contributed by atoms with Crippen molar-refractivity contribution in [2.24, 2.45) is 0 Å². The Kier molecular flexibility index (Phi) is 6.15. The largest absolute Gasteiger partial charge is 0.360 e. The molecule has 4 nitrogen and oxygen atoms in total. The number of aromatic nitrogens is 1. The number of carbonyl (C=O) groups excluding carboxylic acids is 1. The van der Waals surface area contributed by atoms with Gasteiger partial charge in [0.1, 0.15) is 5.82 Å². The average Bonchev–Trinajstić information content (AvgIpc) is 2.55. The highest BCUT2D eigenvalue weighted by molar-refractivity contribution is 5.92. The summed E-state index contributed by atoms with van der Waals surface area (Å²) in [6.07, 6.45) is 4.40. The van der Waals surface area contributed by atoms with Gasteiger partial charge in [-0.2, -0.15) is 0 Å². The Morgan fingerprint density at radius 1 is 1.17 bits per heavy atom. The van der Waals surface area contributed by atoms with E-state index in [4.69, 9.17) is 0 Å². The summed E-state index contributed by atoms with van der Waals surface area (Å²) in [6, 6.07) is 11.9. The maximum atomic E-state index is 12.1. The number of unbranched alkanes of at least 4 members (excludes halogenated alkanes) is 1. The van der Waals surface area contributed by atoms with Gasteiger partial charge in [-0.15, -0.1) is 0 Å². The monoisotopic (exact) mass is 311 g/mol. The number of hydrogen-bond acceptors (Lipinski definition) is 3. The number of rotatable bonds is 7. The molecule has 0 saturated carbocycles. The highest BCUT2D eigenvalue weighted by Gasteiger charge is 2.06. The topological polar surface area (TPSA) is 45.2 Å². The predicted molar refractivity (Wildman–Crippen MR) is 95.9 cm³/mol. The number of nitrogens with one attached hydrogen (secondary N) is 1. The number of carbonyl (C=O) groups is 1. The highest BCUT2D eigenvalue weighted by Crippen LogP contribution is 2.14. The number of pyridine rings is 1. The molecule has 1 amide bonds. The molecule has 122 valence electrons. The van der Waals surface area contributed by atoms with Crippen molar-refractivity contribution in [2.75, 3.05) is 23.8 Å². The van der Waals surface area contributed by atoms with Crippen molar-refractivity contribution >= 4 is 17.4 Å². The Morgan fingerprint density at radius 2 is 1.91 bits per heavy atom. The van der Waals surface area contributed by atoms with Gasteiger partial charge in [-0.25, -0.2) is 4.98 Å². The van der Waals surface area contributed by atoms with E-state index in [-0.39, 0.29) is 5.91 Å². The fourth-order valence-electron chi connectivity index (χ4n) is 2.29. The Hall–Kier alpha value is -2.36. The van der Waals surface area contributed by atoms with E-state index in [1.807, 2.05) is 50.4 Å². The fourth-order valence-corrected chi connectivity index (χ4v) is 2.29. The van der Waals surface area contributed by atoms with Crippen molar-refractivity contribution in [3.63, 3.8) is 0 Å². The van der Waals surface area contributed by atoms with E-state index in [0.717, 1.165) is 36.5 Å². The maximum Gasteiger partial charge on any atom is 0.228 e. The molecule has 0 aliphatic heterocycles. The van der Waals surface area contributed by atoms with Gasteiger partial charge in [0.25, 0.3) is 0 Å². The summed E-state index contributed by atoms with van der Waals surface area (Å²) in [5.74, 6) is 0.901. The van der Waals surface area contributed by atoms with Gasteiger partial charge in [0.15, 0.2) is 0 Å². The van der Waals surface area contributed by atoms with Gasteiger partial charge in [-0.3, -0.25) is 4.79 Å². The summed E-state index contributed by atoms with van der Waals surface area (Å²) >= 11 is 0. The molecule has 1 aromatic heterocycles. The lowest BCUT2D eigenvalue weighted by atomic mass is 10.1. The summed E-state index contributed by atoms with van der Waals surface area (Å²) in [6.45, 7) is 5.20. The summed E-state index contributed by atoms with van der Waals surface area (Å²) in [5.41, 5.74) is 2.94. The van der Waals surface area contributed by atoms with Crippen LogP contribution < -0.4 is 10.2 Å². The van der Waals surface area contributed by atoms with Crippen LogP contribution in [0.4, 0.5) is 11.5 Å². The molecular formula is C19H25N3O. The van der Waals surface area contributed by atoms with Crippen molar-refractivity contribution in [3.05, 3.63) is 53.7 Å². The molecule has 1 N–H and O–H groups in total. The lowest BCUT2D eigenvalue weighted by molar-refractivity contribution is -0.115. The second-order valence-corrected chi connectivity index (χ2v) is 5.89. The molecule has 0 unspecified atom stereocenters. The SMILES string of the molecule is CCCCN(C)c1ccc(NC(=O)Cc2ccc(C)cc2)cn1. The van der Waals surface area contributed by atoms with Gasteiger partial charge in [-0.1, -0.05) is 43.2 Å². The molecule has 0 aliphatic carbocycles. The normalized spacial score (nSPS) is 10.4. The van der Waals surface area contributed by atoms with Crippen molar-refractivity contribution in [1.82, 2.24) is 4.98 Å². The Bertz CT molecular complexity index is 620. The van der Waals surface area contributed by atoms with Crippen LogP contribution in [0.3, 0.4) is 0 Å². The minimum Gasteiger partial charge on any atom is -0.360 e. The molecule has 1 heterocycles. The average molecular weight is 311 g/mol. The molecule has 1 aromatic carbocycles. The minimum absolute atomic E-state index is 0.0252. The van der Waals surface area contributed by atoms with E-state index < -0.39 is 0 Å². The van der Waals surface area contributed by atoms with Crippen molar-refractivity contribution in [1.29, 1.82) is 0 Å². The second kappa shape index (κ2) is 8.32. The molecule has 4 heteroatoms. The molecule has 23 heavy (non-hydrogen) atoms. The molecule has 2 aromatic rings. The Balaban J connectivity index is 1.89. The Labute approximate surface area is 138 Å². The highest BCUT2D eigenvalue weighted by atomic mass is 16.1. The van der Waals surface area contributed by atoms with Crippen LogP contribution >= 0.6 is 0 Å². The molecule has 0 fully saturated rings. The number of anilines is 2. The molecular weight excluding hydrogens is 286 g/mol. The second-order valence-electron chi connectivity index (χ2n) is 5.89. The van der Waals surface area contributed by atoms with Crippen LogP contribution in [0.1, 0.15) is 30.9 Å². The third kappa shape index (κ3) is 5.40. The number of hydrogen-bond donors (Lipinski definition) is 1. The molecule has 0 bridgehead atoms. The van der Waals surface area contributed by atoms with Gasteiger partial charge >= 0.3 is 0 Å². The van der Waals surface area contributed by atoms with E-state index in [2.05, 4.69) is 22.1 Å². The minimum atomic E-state index is -0.0252. The molecule has 0 radical (unpaired) electrons. The molecule has 0 aliphatic rings. The lowest BCUT2D eigenvalue weighted by Gasteiger charge is -2.17. The van der Waals surface area contributed by atoms with Crippen LogP contribution in [-0.2, 0) is 11.2 Å². The van der Waals surface area contributed by atoms with E-state index in [1.54, 1.807) is 6.20 Å². The van der Waals surface area contributed by atoms with Crippen LogP contribution in [0, 0.1) is 6.92 Å². The number of nitrogens with zero attached hydrogens (tertiary/aromatic N) is 2. The summed E-state index contributed by atoms with van der Waals surface area (Å²) < 4.78 is 0. The number of benzene rings is 1. The fraction of sp³-hybridized carbons (Fsp3) is 0.368. The maximum absolute atomic E-state index is 12.1. The van der Waals surface area contributed by atoms with E-state index in [0.29, 0.717) is 6.42 Å². The molecule has 2 rings (SSSR count). The van der Waals surface area contributed by atoms with Crippen LogP contribution in [0.15, 0.2) is 42.6 Å². The van der Waals surface area contributed by atoms with Crippen molar-refractivity contribution < 1.29 is 4.79 Å². The third-order valence-corrected chi connectivity index (χ3v) is 3.76. The van der Waals surface area contributed by atoms with Crippen LogP contribution in [-0.4, -0.2) is 24.5 Å². The molecule has 0 spiro atoms. The smallest absolute Gasteiger partial charge is 0.228 e. The van der Waals surface area contributed by atoms with Gasteiger partial charge in [-0.05, 0) is 31.0 Å². The first-order valence-corrected chi connectivity index (χ1v) is 8.11. The van der Waals surface area contributed by atoms with E-state index in [9.17, 15) is 4.79 Å². The zero-order chi connectivity index (χ0) is 16.7. The van der Waals surface area contributed by atoms with Crippen LogP contribution in [0.2, 0.25) is 0 Å². The van der Waals surface area contributed by atoms with E-state index >= 15 is 0 Å². The summed E-state index contributed by atoms with van der Waals surface area (Å²) in [5, 5.41) is 2.89. The van der Waals surface area contributed by atoms with Crippen LogP contribution in [0.5, 0.6) is 0 Å². The molecule has 0 atom stereocenters. The van der Waals surface area contributed by atoms with Crippen LogP contribution in [0.25, 0.3) is 0 Å². The molecule has 0 saturated heterocycles. The first kappa shape index (κ1) is 17.0. The number of aryl methyl sites for hydroxylation is 1. The van der Waals surface area contributed by atoms with Gasteiger partial charge in [0.05, 0.1) is 18.3 Å². The van der Waals surface area contributed by atoms with Gasteiger partial charge in [0, 0.05) is 13.6 Å². The summed E-state index contributed by atoms with van der Waals surface area (Å²) in [7, 11) is 2.04. The number of amides is 1. The van der Waals surface area contributed by atoms with Gasteiger partial charge < -0.3 is 10.2 Å². The quantitative estimate of drug-likeness (QED) is 0.846. The van der Waals surface area contributed by atoms with Crippen molar-refractivity contribution in [3.8, 4) is 0 Å². The predicted octanol–water partition coefficient (Wildman–Crippen LogP) is 3.81.